The van der Waals surface area contributed by atoms with Crippen molar-refractivity contribution in [3.05, 3.63) is 34.3 Å². The highest BCUT2D eigenvalue weighted by molar-refractivity contribution is 6.31. The first-order chi connectivity index (χ1) is 7.54. The summed E-state index contributed by atoms with van der Waals surface area (Å²) >= 11 is 6.25. The van der Waals surface area contributed by atoms with E-state index in [9.17, 15) is 0 Å². The summed E-state index contributed by atoms with van der Waals surface area (Å²) in [6, 6.07) is 6.82. The second kappa shape index (κ2) is 6.27. The zero-order chi connectivity index (χ0) is 12.1. The third kappa shape index (κ3) is 3.80. The average Bonchev–Trinajstić information content (AvgIpc) is 2.20. The molecule has 0 spiro atoms. The van der Waals surface area contributed by atoms with Crippen LogP contribution in [0.5, 0.6) is 0 Å². The summed E-state index contributed by atoms with van der Waals surface area (Å²) in [6.45, 7) is 9.71. The predicted octanol–water partition coefficient (Wildman–Crippen LogP) is 3.83. The third-order valence-corrected chi connectivity index (χ3v) is 3.27. The van der Waals surface area contributed by atoms with Gasteiger partial charge in [-0.2, -0.15) is 0 Å². The van der Waals surface area contributed by atoms with Crippen molar-refractivity contribution >= 4 is 11.6 Å². The summed E-state index contributed by atoms with van der Waals surface area (Å²) in [7, 11) is 0. The fourth-order valence-corrected chi connectivity index (χ4v) is 2.17. The molecule has 1 atom stereocenters. The van der Waals surface area contributed by atoms with Gasteiger partial charge in [0.1, 0.15) is 0 Å². The largest absolute Gasteiger partial charge is 0.314 e. The van der Waals surface area contributed by atoms with Crippen molar-refractivity contribution in [1.29, 1.82) is 0 Å². The summed E-state index contributed by atoms with van der Waals surface area (Å²) in [5, 5.41) is 4.41. The van der Waals surface area contributed by atoms with Gasteiger partial charge in [-0.1, -0.05) is 44.5 Å². The Balaban J connectivity index is 2.77. The number of rotatable bonds is 5. The van der Waals surface area contributed by atoms with Crippen LogP contribution in [-0.4, -0.2) is 12.6 Å². The average molecular weight is 240 g/mol. The molecule has 1 rings (SSSR count). The molecule has 0 aliphatic rings. The molecule has 0 aliphatic heterocycles. The highest BCUT2D eigenvalue weighted by atomic mass is 35.5. The van der Waals surface area contributed by atoms with E-state index < -0.39 is 0 Å². The van der Waals surface area contributed by atoms with Gasteiger partial charge in [-0.3, -0.25) is 0 Å². The molecule has 90 valence electrons. The first-order valence-electron chi connectivity index (χ1n) is 6.03. The van der Waals surface area contributed by atoms with Crippen LogP contribution in [0, 0.1) is 12.8 Å². The van der Waals surface area contributed by atoms with Crippen LogP contribution < -0.4 is 5.32 Å². The van der Waals surface area contributed by atoms with Crippen LogP contribution in [-0.2, 0) is 6.42 Å². The molecule has 0 saturated carbocycles. The molecule has 1 unspecified atom stereocenters. The molecule has 0 fully saturated rings. The van der Waals surface area contributed by atoms with Gasteiger partial charge in [-0.25, -0.2) is 0 Å². The van der Waals surface area contributed by atoms with E-state index in [0.29, 0.717) is 12.0 Å². The molecule has 0 aromatic heterocycles. The van der Waals surface area contributed by atoms with E-state index in [-0.39, 0.29) is 0 Å². The Morgan fingerprint density at radius 3 is 2.50 bits per heavy atom. The van der Waals surface area contributed by atoms with E-state index in [0.717, 1.165) is 18.0 Å². The first kappa shape index (κ1) is 13.5. The quantitative estimate of drug-likeness (QED) is 0.824. The molecule has 0 aliphatic carbocycles. The van der Waals surface area contributed by atoms with E-state index in [1.54, 1.807) is 0 Å². The summed E-state index contributed by atoms with van der Waals surface area (Å²) in [6.07, 6.45) is 1.00. The second-order valence-corrected chi connectivity index (χ2v) is 5.11. The number of aryl methyl sites for hydroxylation is 1. The SMILES string of the molecule is CCNC(Cc1ccc(C)cc1Cl)C(C)C. The third-order valence-electron chi connectivity index (χ3n) is 2.92. The minimum atomic E-state index is 0.505. The molecule has 16 heavy (non-hydrogen) atoms. The summed E-state index contributed by atoms with van der Waals surface area (Å²) in [4.78, 5) is 0. The van der Waals surface area contributed by atoms with Crippen LogP contribution in [0.15, 0.2) is 18.2 Å². The van der Waals surface area contributed by atoms with Crippen molar-refractivity contribution in [2.24, 2.45) is 5.92 Å². The van der Waals surface area contributed by atoms with E-state index >= 15 is 0 Å². The van der Waals surface area contributed by atoms with Gasteiger partial charge in [-0.05, 0) is 43.0 Å². The minimum absolute atomic E-state index is 0.505. The molecular weight excluding hydrogens is 218 g/mol. The Hall–Kier alpha value is -0.530. The Kier molecular flexibility index (Phi) is 5.30. The summed E-state index contributed by atoms with van der Waals surface area (Å²) < 4.78 is 0. The summed E-state index contributed by atoms with van der Waals surface area (Å²) in [5.74, 6) is 0.623. The number of nitrogens with one attached hydrogen (secondary N) is 1. The lowest BCUT2D eigenvalue weighted by atomic mass is 9.96. The zero-order valence-corrected chi connectivity index (χ0v) is 11.4. The summed E-state index contributed by atoms with van der Waals surface area (Å²) in [5.41, 5.74) is 2.46. The number of hydrogen-bond donors (Lipinski definition) is 1. The smallest absolute Gasteiger partial charge is 0.0441 e. The fourth-order valence-electron chi connectivity index (χ4n) is 1.86. The predicted molar refractivity (Wildman–Crippen MR) is 72.2 cm³/mol. The van der Waals surface area contributed by atoms with Crippen LogP contribution >= 0.6 is 11.6 Å². The monoisotopic (exact) mass is 239 g/mol. The Morgan fingerprint density at radius 2 is 2.00 bits per heavy atom. The molecule has 0 radical (unpaired) electrons. The second-order valence-electron chi connectivity index (χ2n) is 4.71. The number of benzene rings is 1. The topological polar surface area (TPSA) is 12.0 Å². The van der Waals surface area contributed by atoms with Gasteiger partial charge in [-0.15, -0.1) is 0 Å². The van der Waals surface area contributed by atoms with E-state index in [2.05, 4.69) is 45.1 Å². The molecule has 1 aromatic carbocycles. The Labute approximate surface area is 104 Å². The van der Waals surface area contributed by atoms with Crippen molar-refractivity contribution in [3.63, 3.8) is 0 Å². The number of halogens is 1. The van der Waals surface area contributed by atoms with E-state index in [1.165, 1.54) is 11.1 Å². The van der Waals surface area contributed by atoms with Gasteiger partial charge in [0.2, 0.25) is 0 Å². The Bertz CT molecular complexity index is 334. The maximum absolute atomic E-state index is 6.25. The van der Waals surface area contributed by atoms with Gasteiger partial charge in [0.05, 0.1) is 0 Å². The van der Waals surface area contributed by atoms with Crippen molar-refractivity contribution in [1.82, 2.24) is 5.32 Å². The molecule has 0 bridgehead atoms. The lowest BCUT2D eigenvalue weighted by Crippen LogP contribution is -2.35. The number of hydrogen-bond acceptors (Lipinski definition) is 1. The molecule has 0 heterocycles. The van der Waals surface area contributed by atoms with Crippen LogP contribution in [0.4, 0.5) is 0 Å². The molecule has 1 aromatic rings. The van der Waals surface area contributed by atoms with Gasteiger partial charge >= 0.3 is 0 Å². The molecule has 1 N–H and O–H groups in total. The standard InChI is InChI=1S/C14H22ClN/c1-5-16-14(10(2)3)9-12-7-6-11(4)8-13(12)15/h6-8,10,14,16H,5,9H2,1-4H3. The van der Waals surface area contributed by atoms with Crippen LogP contribution in [0.25, 0.3) is 0 Å². The highest BCUT2D eigenvalue weighted by Gasteiger charge is 2.14. The highest BCUT2D eigenvalue weighted by Crippen LogP contribution is 2.20. The lowest BCUT2D eigenvalue weighted by molar-refractivity contribution is 0.405. The van der Waals surface area contributed by atoms with Crippen molar-refractivity contribution in [3.8, 4) is 0 Å². The maximum Gasteiger partial charge on any atom is 0.0441 e. The van der Waals surface area contributed by atoms with Gasteiger partial charge in [0.15, 0.2) is 0 Å². The number of likely N-dealkylation sites (N-methyl/N-ethyl adjacent to an activating group) is 1. The zero-order valence-electron chi connectivity index (χ0n) is 10.7. The first-order valence-corrected chi connectivity index (χ1v) is 6.40. The minimum Gasteiger partial charge on any atom is -0.314 e. The van der Waals surface area contributed by atoms with Crippen LogP contribution in [0.1, 0.15) is 31.9 Å². The van der Waals surface area contributed by atoms with Gasteiger partial charge in [0.25, 0.3) is 0 Å². The van der Waals surface area contributed by atoms with Crippen molar-refractivity contribution in [2.45, 2.75) is 40.2 Å². The molecule has 1 nitrogen and oxygen atoms in total. The lowest BCUT2D eigenvalue weighted by Gasteiger charge is -2.22. The van der Waals surface area contributed by atoms with Crippen molar-refractivity contribution in [2.75, 3.05) is 6.54 Å². The van der Waals surface area contributed by atoms with Crippen molar-refractivity contribution < 1.29 is 0 Å². The van der Waals surface area contributed by atoms with E-state index in [4.69, 9.17) is 11.6 Å². The van der Waals surface area contributed by atoms with Crippen LogP contribution in [0.3, 0.4) is 0 Å². The molecule has 0 amide bonds. The maximum atomic E-state index is 6.25. The van der Waals surface area contributed by atoms with Gasteiger partial charge in [0, 0.05) is 11.1 Å². The molecule has 0 saturated heterocycles. The molecular formula is C14H22ClN. The van der Waals surface area contributed by atoms with Gasteiger partial charge < -0.3 is 5.32 Å². The fraction of sp³-hybridized carbons (Fsp3) is 0.571. The Morgan fingerprint density at radius 1 is 1.31 bits per heavy atom. The van der Waals surface area contributed by atoms with Crippen LogP contribution in [0.2, 0.25) is 5.02 Å². The van der Waals surface area contributed by atoms with E-state index in [1.807, 2.05) is 6.07 Å². The molecule has 2 heteroatoms. The normalized spacial score (nSPS) is 13.1.